The first-order chi connectivity index (χ1) is 8.54. The highest BCUT2D eigenvalue weighted by molar-refractivity contribution is 5.95. The van der Waals surface area contributed by atoms with Gasteiger partial charge in [0.1, 0.15) is 11.5 Å². The smallest absolute Gasteiger partial charge is 0.323 e. The molecular formula is C12H18N2O4. The van der Waals surface area contributed by atoms with E-state index in [-0.39, 0.29) is 23.9 Å². The molecule has 1 heterocycles. The number of nitrogens with one attached hydrogen (secondary N) is 2. The van der Waals surface area contributed by atoms with E-state index in [2.05, 4.69) is 9.97 Å². The number of carbonyl (C=O) groups is 2. The van der Waals surface area contributed by atoms with E-state index in [4.69, 9.17) is 4.74 Å². The Hall–Kier alpha value is -1.69. The fourth-order valence-corrected chi connectivity index (χ4v) is 1.69. The van der Waals surface area contributed by atoms with E-state index in [9.17, 15) is 14.4 Å². The van der Waals surface area contributed by atoms with Crippen LogP contribution in [0.15, 0.2) is 4.79 Å². The number of unbranched alkanes of at least 4 members (excludes halogenated alkanes) is 1. The summed E-state index contributed by atoms with van der Waals surface area (Å²) in [5.74, 6) is -0.0125. The van der Waals surface area contributed by atoms with Crippen LogP contribution in [0.4, 0.5) is 0 Å². The number of ether oxygens (including phenoxy) is 1. The Kier molecular flexibility index (Phi) is 5.51. The van der Waals surface area contributed by atoms with E-state index in [1.165, 1.54) is 14.0 Å². The number of Topliss-reactive ketones (excluding diaryl/α,β-unsaturated/α-hetero) is 2. The van der Waals surface area contributed by atoms with E-state index in [0.29, 0.717) is 31.4 Å². The molecule has 0 unspecified atom stereocenters. The third-order valence-electron chi connectivity index (χ3n) is 2.55. The lowest BCUT2D eigenvalue weighted by Crippen LogP contribution is -2.06. The summed E-state index contributed by atoms with van der Waals surface area (Å²) in [6.45, 7) is 1.72. The Bertz CT molecular complexity index is 473. The molecule has 0 amide bonds. The van der Waals surface area contributed by atoms with Gasteiger partial charge in [-0.15, -0.1) is 0 Å². The van der Waals surface area contributed by atoms with Crippen LogP contribution in [0.5, 0.6) is 0 Å². The van der Waals surface area contributed by atoms with Crippen molar-refractivity contribution in [2.45, 2.75) is 39.2 Å². The van der Waals surface area contributed by atoms with E-state index in [1.807, 2.05) is 0 Å². The summed E-state index contributed by atoms with van der Waals surface area (Å²) in [4.78, 5) is 38.8. The van der Waals surface area contributed by atoms with Crippen LogP contribution in [0.25, 0.3) is 0 Å². The molecule has 6 heteroatoms. The topological polar surface area (TPSA) is 92.0 Å². The van der Waals surface area contributed by atoms with Gasteiger partial charge in [-0.2, -0.15) is 0 Å². The maximum absolute atomic E-state index is 11.9. The molecule has 0 saturated carbocycles. The number of imidazole rings is 1. The van der Waals surface area contributed by atoms with Gasteiger partial charge >= 0.3 is 5.69 Å². The number of rotatable bonds is 8. The molecule has 1 aromatic heterocycles. The van der Waals surface area contributed by atoms with Gasteiger partial charge in [-0.3, -0.25) is 4.79 Å². The molecule has 0 radical (unpaired) electrons. The molecule has 2 N–H and O–H groups in total. The van der Waals surface area contributed by atoms with Crippen molar-refractivity contribution in [2.24, 2.45) is 0 Å². The first-order valence-corrected chi connectivity index (χ1v) is 5.87. The minimum atomic E-state index is -0.408. The van der Waals surface area contributed by atoms with Gasteiger partial charge in [0.2, 0.25) is 0 Å². The zero-order valence-electron chi connectivity index (χ0n) is 10.7. The number of hydrogen-bond acceptors (Lipinski definition) is 4. The Balaban J connectivity index is 2.55. The molecule has 1 aromatic rings. The fourth-order valence-electron chi connectivity index (χ4n) is 1.69. The first kappa shape index (κ1) is 14.4. The third kappa shape index (κ3) is 4.29. The van der Waals surface area contributed by atoms with E-state index in [0.717, 1.165) is 0 Å². The summed E-state index contributed by atoms with van der Waals surface area (Å²) < 4.78 is 4.90. The molecule has 0 fully saturated rings. The molecule has 0 aromatic carbocycles. The zero-order chi connectivity index (χ0) is 13.5. The Morgan fingerprint density at radius 3 is 2.44 bits per heavy atom. The van der Waals surface area contributed by atoms with Crippen molar-refractivity contribution in [1.29, 1.82) is 0 Å². The average Bonchev–Trinajstić information content (AvgIpc) is 2.66. The Morgan fingerprint density at radius 1 is 1.17 bits per heavy atom. The minimum absolute atomic E-state index is 0.123. The second kappa shape index (κ2) is 6.90. The standard InChI is InChI=1S/C12H18N2O4/c1-8(15)5-3-4-6-10(16)11-9(7-18-2)13-12(17)14-11/h3-7H2,1-2H3,(H2,13,14,17). The monoisotopic (exact) mass is 254 g/mol. The van der Waals surface area contributed by atoms with Gasteiger partial charge < -0.3 is 19.5 Å². The lowest BCUT2D eigenvalue weighted by Gasteiger charge is -2.01. The van der Waals surface area contributed by atoms with Gasteiger partial charge in [0.15, 0.2) is 5.78 Å². The second-order valence-electron chi connectivity index (χ2n) is 4.20. The van der Waals surface area contributed by atoms with Crippen LogP contribution in [0.3, 0.4) is 0 Å². The molecule has 1 rings (SSSR count). The molecule has 0 aliphatic rings. The average molecular weight is 254 g/mol. The van der Waals surface area contributed by atoms with E-state index < -0.39 is 5.69 Å². The molecule has 6 nitrogen and oxygen atoms in total. The van der Waals surface area contributed by atoms with Crippen molar-refractivity contribution in [1.82, 2.24) is 9.97 Å². The summed E-state index contributed by atoms with van der Waals surface area (Å²) in [6.07, 6.45) is 2.13. The van der Waals surface area contributed by atoms with Gasteiger partial charge in [0, 0.05) is 20.0 Å². The summed E-state index contributed by atoms with van der Waals surface area (Å²) in [7, 11) is 1.49. The predicted octanol–water partition coefficient (Wildman–Crippen LogP) is 1.18. The van der Waals surface area contributed by atoms with Crippen LogP contribution >= 0.6 is 0 Å². The molecule has 0 aliphatic heterocycles. The third-order valence-corrected chi connectivity index (χ3v) is 2.55. The number of aromatic amines is 2. The number of H-pyrrole nitrogens is 2. The van der Waals surface area contributed by atoms with E-state index in [1.54, 1.807) is 0 Å². The Morgan fingerprint density at radius 2 is 1.83 bits per heavy atom. The van der Waals surface area contributed by atoms with Gasteiger partial charge in [-0.05, 0) is 19.8 Å². The van der Waals surface area contributed by atoms with Crippen LogP contribution in [-0.4, -0.2) is 28.6 Å². The molecule has 18 heavy (non-hydrogen) atoms. The van der Waals surface area contributed by atoms with Crippen LogP contribution in [-0.2, 0) is 16.1 Å². The summed E-state index contributed by atoms with van der Waals surface area (Å²) >= 11 is 0. The number of methoxy groups -OCH3 is 1. The summed E-state index contributed by atoms with van der Waals surface area (Å²) in [5.41, 5.74) is 0.345. The molecule has 0 bridgehead atoms. The SMILES string of the molecule is COCc1[nH]c(=O)[nH]c1C(=O)CCCCC(C)=O. The van der Waals surface area contributed by atoms with Crippen molar-refractivity contribution in [3.05, 3.63) is 21.9 Å². The number of aromatic nitrogens is 2. The summed E-state index contributed by atoms with van der Waals surface area (Å²) in [6, 6.07) is 0. The number of carbonyl (C=O) groups excluding carboxylic acids is 2. The van der Waals surface area contributed by atoms with E-state index >= 15 is 0 Å². The van der Waals surface area contributed by atoms with Gasteiger partial charge in [-0.25, -0.2) is 4.79 Å². The minimum Gasteiger partial charge on any atom is -0.378 e. The quantitative estimate of drug-likeness (QED) is 0.538. The lowest BCUT2D eigenvalue weighted by molar-refractivity contribution is -0.117. The van der Waals surface area contributed by atoms with Crippen molar-refractivity contribution in [3.8, 4) is 0 Å². The number of hydrogen-bond donors (Lipinski definition) is 2. The van der Waals surface area contributed by atoms with Crippen molar-refractivity contribution in [3.63, 3.8) is 0 Å². The van der Waals surface area contributed by atoms with Crippen LogP contribution in [0.1, 0.15) is 48.8 Å². The highest BCUT2D eigenvalue weighted by Gasteiger charge is 2.14. The number of ketones is 2. The molecule has 0 spiro atoms. The van der Waals surface area contributed by atoms with Gasteiger partial charge in [0.25, 0.3) is 0 Å². The Labute approximate surface area is 105 Å². The summed E-state index contributed by atoms with van der Waals surface area (Å²) in [5, 5.41) is 0. The van der Waals surface area contributed by atoms with Crippen molar-refractivity contribution >= 4 is 11.6 Å². The molecule has 0 atom stereocenters. The van der Waals surface area contributed by atoms with Crippen molar-refractivity contribution < 1.29 is 14.3 Å². The largest absolute Gasteiger partial charge is 0.378 e. The molecule has 100 valence electrons. The highest BCUT2D eigenvalue weighted by Crippen LogP contribution is 2.09. The molecular weight excluding hydrogens is 236 g/mol. The fraction of sp³-hybridized carbons (Fsp3) is 0.583. The normalized spacial score (nSPS) is 10.6. The van der Waals surface area contributed by atoms with Crippen molar-refractivity contribution in [2.75, 3.05) is 7.11 Å². The molecule has 0 aliphatic carbocycles. The van der Waals surface area contributed by atoms with Crippen LogP contribution in [0, 0.1) is 0 Å². The van der Waals surface area contributed by atoms with Crippen LogP contribution < -0.4 is 5.69 Å². The van der Waals surface area contributed by atoms with Gasteiger partial charge in [-0.1, -0.05) is 0 Å². The maximum Gasteiger partial charge on any atom is 0.323 e. The first-order valence-electron chi connectivity index (χ1n) is 5.87. The molecule has 0 saturated heterocycles. The predicted molar refractivity (Wildman–Crippen MR) is 65.6 cm³/mol. The second-order valence-corrected chi connectivity index (χ2v) is 4.20. The van der Waals surface area contributed by atoms with Crippen LogP contribution in [0.2, 0.25) is 0 Å². The lowest BCUT2D eigenvalue weighted by atomic mass is 10.1. The highest BCUT2D eigenvalue weighted by atomic mass is 16.5. The van der Waals surface area contributed by atoms with Gasteiger partial charge in [0.05, 0.1) is 12.3 Å². The maximum atomic E-state index is 11.9. The zero-order valence-corrected chi connectivity index (χ0v) is 10.7.